The molecule has 2 radical (unpaired) electrons. The fourth-order valence-corrected chi connectivity index (χ4v) is 2.39. The molecule has 6 nitrogen and oxygen atoms in total. The number of nitrogens with two attached hydrogens (primary N) is 2. The molecule has 1 atom stereocenters. The lowest BCUT2D eigenvalue weighted by molar-refractivity contribution is -0.129. The molecular formula is C15H18BN5O. The van der Waals surface area contributed by atoms with E-state index >= 15 is 0 Å². The van der Waals surface area contributed by atoms with Crippen LogP contribution in [-0.4, -0.2) is 44.4 Å². The smallest absolute Gasteiger partial charge is 0.266 e. The van der Waals surface area contributed by atoms with Gasteiger partial charge in [-0.05, 0) is 12.5 Å². The van der Waals surface area contributed by atoms with Crippen LogP contribution in [0.3, 0.4) is 0 Å². The van der Waals surface area contributed by atoms with Crippen LogP contribution in [0.25, 0.3) is 0 Å². The Bertz CT molecular complexity index is 682. The average molecular weight is 295 g/mol. The Hall–Kier alpha value is -2.57. The van der Waals surface area contributed by atoms with Crippen LogP contribution in [-0.2, 0) is 10.3 Å². The molecule has 0 spiro atoms. The highest BCUT2D eigenvalue weighted by Gasteiger charge is 2.50. The van der Waals surface area contributed by atoms with Gasteiger partial charge in [-0.15, -0.1) is 0 Å². The van der Waals surface area contributed by atoms with Crippen molar-refractivity contribution in [1.29, 1.82) is 0 Å². The average Bonchev–Trinajstić information content (AvgIpc) is 2.73. The van der Waals surface area contributed by atoms with Crippen LogP contribution in [0.5, 0.6) is 0 Å². The predicted octanol–water partition coefficient (Wildman–Crippen LogP) is -0.604. The predicted molar refractivity (Wildman–Crippen MR) is 89.2 cm³/mol. The Labute approximate surface area is 131 Å². The lowest BCUT2D eigenvalue weighted by Gasteiger charge is -2.26. The number of hydrogen-bond donors (Lipinski definition) is 2. The van der Waals surface area contributed by atoms with E-state index < -0.39 is 5.54 Å². The summed E-state index contributed by atoms with van der Waals surface area (Å²) in [4.78, 5) is 22.7. The van der Waals surface area contributed by atoms with Gasteiger partial charge in [0.2, 0.25) is 0 Å². The van der Waals surface area contributed by atoms with Crippen LogP contribution >= 0.6 is 0 Å². The molecular weight excluding hydrogens is 277 g/mol. The maximum absolute atomic E-state index is 12.8. The van der Waals surface area contributed by atoms with E-state index in [2.05, 4.69) is 9.98 Å². The van der Waals surface area contributed by atoms with Gasteiger partial charge in [-0.2, -0.15) is 0 Å². The number of likely N-dealkylation sites (N-methyl/N-ethyl adjacent to an activating group) is 1. The summed E-state index contributed by atoms with van der Waals surface area (Å²) in [6, 6.07) is 6.96. The lowest BCUT2D eigenvalue weighted by atomic mass is 9.80. The fraction of sp³-hybridized carbons (Fsp3) is 0.267. The molecule has 112 valence electrons. The van der Waals surface area contributed by atoms with Gasteiger partial charge in [-0.1, -0.05) is 29.7 Å². The molecule has 0 saturated heterocycles. The molecule has 0 fully saturated rings. The highest BCUT2D eigenvalue weighted by molar-refractivity contribution is 6.32. The SMILES string of the molecule is [B]c1cccc(C2(C(C=NCC)=CN)N=C(N)N(C)C2=O)c1. The Morgan fingerprint density at radius 2 is 2.27 bits per heavy atom. The lowest BCUT2D eigenvalue weighted by Crippen LogP contribution is -2.42. The molecule has 0 aromatic heterocycles. The van der Waals surface area contributed by atoms with Gasteiger partial charge in [0.1, 0.15) is 7.85 Å². The number of hydrogen-bond acceptors (Lipinski definition) is 5. The van der Waals surface area contributed by atoms with Crippen LogP contribution in [0.2, 0.25) is 0 Å². The van der Waals surface area contributed by atoms with Gasteiger partial charge < -0.3 is 11.5 Å². The number of benzene rings is 1. The van der Waals surface area contributed by atoms with Crippen molar-refractivity contribution in [3.63, 3.8) is 0 Å². The second kappa shape index (κ2) is 6.05. The zero-order valence-electron chi connectivity index (χ0n) is 12.7. The molecule has 7 heteroatoms. The second-order valence-corrected chi connectivity index (χ2v) is 4.92. The molecule has 1 aromatic rings. The number of guanidine groups is 1. The topological polar surface area (TPSA) is 97.1 Å². The van der Waals surface area contributed by atoms with Crippen LogP contribution in [0.1, 0.15) is 12.5 Å². The molecule has 2 rings (SSSR count). The van der Waals surface area contributed by atoms with E-state index in [0.29, 0.717) is 23.1 Å². The number of aliphatic imine (C=N–C) groups is 2. The number of rotatable bonds is 4. The van der Waals surface area contributed by atoms with Gasteiger partial charge >= 0.3 is 0 Å². The van der Waals surface area contributed by atoms with Crippen LogP contribution in [0, 0.1) is 0 Å². The molecule has 1 aliphatic heterocycles. The van der Waals surface area contributed by atoms with Crippen molar-refractivity contribution >= 4 is 31.4 Å². The minimum absolute atomic E-state index is 0.122. The van der Waals surface area contributed by atoms with E-state index in [1.807, 2.05) is 6.92 Å². The molecule has 4 N–H and O–H groups in total. The number of nitrogens with zero attached hydrogens (tertiary/aromatic N) is 3. The van der Waals surface area contributed by atoms with Crippen molar-refractivity contribution in [2.45, 2.75) is 12.5 Å². The van der Waals surface area contributed by atoms with Crippen molar-refractivity contribution < 1.29 is 4.79 Å². The van der Waals surface area contributed by atoms with Gasteiger partial charge in [-0.25, -0.2) is 4.99 Å². The van der Waals surface area contributed by atoms with Crippen molar-refractivity contribution in [2.24, 2.45) is 21.5 Å². The van der Waals surface area contributed by atoms with E-state index in [-0.39, 0.29) is 11.9 Å². The van der Waals surface area contributed by atoms with Crippen molar-refractivity contribution in [3.8, 4) is 0 Å². The molecule has 0 bridgehead atoms. The van der Waals surface area contributed by atoms with Gasteiger partial charge in [0.25, 0.3) is 5.91 Å². The summed E-state index contributed by atoms with van der Waals surface area (Å²) in [5.41, 5.74) is 11.8. The van der Waals surface area contributed by atoms with E-state index in [9.17, 15) is 4.79 Å². The number of carbonyl (C=O) groups is 1. The summed E-state index contributed by atoms with van der Waals surface area (Å²) in [7, 11) is 7.42. The fourth-order valence-electron chi connectivity index (χ4n) is 2.39. The van der Waals surface area contributed by atoms with Crippen LogP contribution in [0.15, 0.2) is 46.0 Å². The van der Waals surface area contributed by atoms with Crippen molar-refractivity contribution in [3.05, 3.63) is 41.6 Å². The van der Waals surface area contributed by atoms with Gasteiger partial charge in [0.15, 0.2) is 11.5 Å². The maximum Gasteiger partial charge on any atom is 0.266 e. The second-order valence-electron chi connectivity index (χ2n) is 4.92. The Balaban J connectivity index is 2.71. The molecule has 0 aliphatic carbocycles. The molecule has 1 aromatic carbocycles. The molecule has 0 saturated carbocycles. The van der Waals surface area contributed by atoms with Crippen LogP contribution in [0.4, 0.5) is 0 Å². The first-order valence-corrected chi connectivity index (χ1v) is 6.89. The number of carbonyl (C=O) groups excluding carboxylic acids is 1. The highest BCUT2D eigenvalue weighted by atomic mass is 16.2. The quantitative estimate of drug-likeness (QED) is 0.573. The Morgan fingerprint density at radius 1 is 1.55 bits per heavy atom. The summed E-state index contributed by atoms with van der Waals surface area (Å²) in [5.74, 6) is -0.175. The van der Waals surface area contributed by atoms with Crippen molar-refractivity contribution in [2.75, 3.05) is 13.6 Å². The normalized spacial score (nSPS) is 22.5. The third-order valence-corrected chi connectivity index (χ3v) is 3.55. The molecule has 22 heavy (non-hydrogen) atoms. The number of amides is 1. The first-order chi connectivity index (χ1) is 10.5. The molecule has 1 amide bonds. The van der Waals surface area contributed by atoms with E-state index in [1.165, 1.54) is 11.1 Å². The first-order valence-electron chi connectivity index (χ1n) is 6.89. The summed E-state index contributed by atoms with van der Waals surface area (Å²) < 4.78 is 0. The zero-order chi connectivity index (χ0) is 16.3. The van der Waals surface area contributed by atoms with E-state index in [1.54, 1.807) is 37.5 Å². The Morgan fingerprint density at radius 3 is 2.77 bits per heavy atom. The van der Waals surface area contributed by atoms with Gasteiger partial charge in [0, 0.05) is 31.6 Å². The standard InChI is InChI=1S/C15H18BN5O/c1-3-19-9-11(8-17)15(10-5-4-6-12(16)7-10)13(22)21(2)14(18)20-15/h4-9H,3,17H2,1-2H3,(H2,18,20). The third-order valence-electron chi connectivity index (χ3n) is 3.55. The van der Waals surface area contributed by atoms with Gasteiger partial charge in [-0.3, -0.25) is 14.7 Å². The molecule has 1 unspecified atom stereocenters. The summed E-state index contributed by atoms with van der Waals surface area (Å²) >= 11 is 0. The summed E-state index contributed by atoms with van der Waals surface area (Å²) in [6.07, 6.45) is 2.88. The summed E-state index contributed by atoms with van der Waals surface area (Å²) in [6.45, 7) is 2.45. The third kappa shape index (κ3) is 2.39. The molecule has 1 aliphatic rings. The van der Waals surface area contributed by atoms with Crippen LogP contribution < -0.4 is 16.9 Å². The molecule has 1 heterocycles. The minimum Gasteiger partial charge on any atom is -0.404 e. The van der Waals surface area contributed by atoms with E-state index in [0.717, 1.165) is 0 Å². The largest absolute Gasteiger partial charge is 0.404 e. The summed E-state index contributed by atoms with van der Waals surface area (Å²) in [5, 5.41) is 0. The van der Waals surface area contributed by atoms with Gasteiger partial charge in [0.05, 0.1) is 0 Å². The van der Waals surface area contributed by atoms with E-state index in [4.69, 9.17) is 19.3 Å². The monoisotopic (exact) mass is 295 g/mol. The first kappa shape index (κ1) is 15.8. The Kier molecular flexibility index (Phi) is 4.35. The highest BCUT2D eigenvalue weighted by Crippen LogP contribution is 2.37. The zero-order valence-corrected chi connectivity index (χ0v) is 12.7. The van der Waals surface area contributed by atoms with Crippen molar-refractivity contribution in [1.82, 2.24) is 4.90 Å². The minimum atomic E-state index is -1.35. The maximum atomic E-state index is 12.8.